The third-order valence-electron chi connectivity index (χ3n) is 2.62. The fourth-order valence-electron chi connectivity index (χ4n) is 1.44. The van der Waals surface area contributed by atoms with Gasteiger partial charge in [0.2, 0.25) is 0 Å². The lowest BCUT2D eigenvalue weighted by Gasteiger charge is -2.03. The van der Waals surface area contributed by atoms with Gasteiger partial charge in [0.25, 0.3) is 0 Å². The van der Waals surface area contributed by atoms with Crippen LogP contribution in [0.3, 0.4) is 0 Å². The van der Waals surface area contributed by atoms with Crippen molar-refractivity contribution in [2.24, 2.45) is 0 Å². The molecule has 2 nitrogen and oxygen atoms in total. The van der Waals surface area contributed by atoms with Crippen molar-refractivity contribution < 1.29 is 0 Å². The Morgan fingerprint density at radius 2 is 1.17 bits per heavy atom. The fraction of sp³-hybridized carbons (Fsp3) is 1.00. The van der Waals surface area contributed by atoms with Crippen LogP contribution in [0.15, 0.2) is 0 Å². The van der Waals surface area contributed by atoms with Gasteiger partial charge >= 0.3 is 0 Å². The van der Waals surface area contributed by atoms with Gasteiger partial charge in [0.1, 0.15) is 0 Å². The highest BCUT2D eigenvalue weighted by atomic mass is 15.0. The average molecular weight is 168 g/mol. The van der Waals surface area contributed by atoms with Crippen LogP contribution in [-0.2, 0) is 0 Å². The predicted octanol–water partition coefficient (Wildman–Crippen LogP) is 1.27. The summed E-state index contributed by atoms with van der Waals surface area (Å²) in [5.74, 6) is 0. The molecule has 0 aromatic rings. The molecule has 0 aromatic carbocycles. The van der Waals surface area contributed by atoms with Crippen molar-refractivity contribution in [3.05, 3.63) is 0 Å². The zero-order chi connectivity index (χ0) is 8.23. The number of hydrogen-bond acceptors (Lipinski definition) is 2. The minimum Gasteiger partial charge on any atom is -0.314 e. The van der Waals surface area contributed by atoms with Gasteiger partial charge in [0.05, 0.1) is 0 Å². The van der Waals surface area contributed by atoms with Crippen molar-refractivity contribution in [3.63, 3.8) is 0 Å². The molecule has 0 bridgehead atoms. The summed E-state index contributed by atoms with van der Waals surface area (Å²) in [6.45, 7) is 2.47. The van der Waals surface area contributed by atoms with E-state index in [0.29, 0.717) is 0 Å². The van der Waals surface area contributed by atoms with Crippen molar-refractivity contribution >= 4 is 0 Å². The predicted molar refractivity (Wildman–Crippen MR) is 51.3 cm³/mol. The number of hydrogen-bond donors (Lipinski definition) is 2. The van der Waals surface area contributed by atoms with E-state index in [1.807, 2.05) is 0 Å². The van der Waals surface area contributed by atoms with Gasteiger partial charge < -0.3 is 10.6 Å². The number of unbranched alkanes of at least 4 members (excludes halogenated alkanes) is 1. The Kier molecular flexibility index (Phi) is 3.01. The molecule has 0 atom stereocenters. The molecular weight excluding hydrogens is 148 g/mol. The molecular formula is C10H20N2. The molecule has 2 heteroatoms. The van der Waals surface area contributed by atoms with E-state index in [-0.39, 0.29) is 0 Å². The van der Waals surface area contributed by atoms with E-state index in [1.54, 1.807) is 0 Å². The number of nitrogens with one attached hydrogen (secondary N) is 2. The standard InChI is InChI=1S/C10H20N2/c1(7-11-9-3-4-9)2-8-12-10-5-6-10/h9-12H,1-8H2. The first-order valence-electron chi connectivity index (χ1n) is 5.42. The van der Waals surface area contributed by atoms with Crippen LogP contribution in [0, 0.1) is 0 Å². The molecule has 2 N–H and O–H groups in total. The monoisotopic (exact) mass is 168 g/mol. The van der Waals surface area contributed by atoms with E-state index in [2.05, 4.69) is 10.6 Å². The first-order valence-corrected chi connectivity index (χ1v) is 5.42. The maximum atomic E-state index is 3.53. The average Bonchev–Trinajstić information content (AvgIpc) is 2.89. The summed E-state index contributed by atoms with van der Waals surface area (Å²) < 4.78 is 0. The Bertz CT molecular complexity index is 112. The highest BCUT2D eigenvalue weighted by Gasteiger charge is 2.20. The van der Waals surface area contributed by atoms with Gasteiger partial charge in [-0.3, -0.25) is 0 Å². The van der Waals surface area contributed by atoms with Gasteiger partial charge in [-0.25, -0.2) is 0 Å². The van der Waals surface area contributed by atoms with E-state index in [4.69, 9.17) is 0 Å². The third-order valence-corrected chi connectivity index (χ3v) is 2.62. The van der Waals surface area contributed by atoms with Crippen LogP contribution in [0.1, 0.15) is 38.5 Å². The van der Waals surface area contributed by atoms with E-state index in [1.165, 1.54) is 51.6 Å². The molecule has 0 saturated heterocycles. The zero-order valence-corrected chi connectivity index (χ0v) is 7.81. The first kappa shape index (κ1) is 8.52. The van der Waals surface area contributed by atoms with Crippen LogP contribution in [0.5, 0.6) is 0 Å². The summed E-state index contributed by atoms with van der Waals surface area (Å²) in [6, 6.07) is 1.78. The van der Waals surface area contributed by atoms with Gasteiger partial charge in [0, 0.05) is 12.1 Å². The minimum absolute atomic E-state index is 0.890. The summed E-state index contributed by atoms with van der Waals surface area (Å²) in [6.07, 6.45) is 8.35. The molecule has 2 fully saturated rings. The molecule has 12 heavy (non-hydrogen) atoms. The number of rotatable bonds is 7. The molecule has 2 saturated carbocycles. The fourth-order valence-corrected chi connectivity index (χ4v) is 1.44. The molecule has 0 aliphatic heterocycles. The smallest absolute Gasteiger partial charge is 0.00682 e. The van der Waals surface area contributed by atoms with Crippen LogP contribution < -0.4 is 10.6 Å². The van der Waals surface area contributed by atoms with Gasteiger partial charge in [-0.2, -0.15) is 0 Å². The van der Waals surface area contributed by atoms with Crippen LogP contribution >= 0.6 is 0 Å². The maximum Gasteiger partial charge on any atom is 0.00682 e. The Hall–Kier alpha value is -0.0800. The molecule has 2 aliphatic rings. The molecule has 2 aliphatic carbocycles. The zero-order valence-electron chi connectivity index (χ0n) is 7.81. The Labute approximate surface area is 75.1 Å². The van der Waals surface area contributed by atoms with Crippen molar-refractivity contribution in [2.75, 3.05) is 13.1 Å². The topological polar surface area (TPSA) is 24.1 Å². The van der Waals surface area contributed by atoms with Crippen molar-refractivity contribution in [1.29, 1.82) is 0 Å². The van der Waals surface area contributed by atoms with Crippen molar-refractivity contribution in [3.8, 4) is 0 Å². The minimum atomic E-state index is 0.890. The summed E-state index contributed by atoms with van der Waals surface area (Å²) in [5, 5.41) is 7.07. The second-order valence-corrected chi connectivity index (χ2v) is 4.16. The molecule has 70 valence electrons. The highest BCUT2D eigenvalue weighted by molar-refractivity contribution is 4.81. The molecule has 0 unspecified atom stereocenters. The van der Waals surface area contributed by atoms with Gasteiger partial charge in [-0.1, -0.05) is 0 Å². The van der Waals surface area contributed by atoms with Crippen LogP contribution in [0.2, 0.25) is 0 Å². The quantitative estimate of drug-likeness (QED) is 0.559. The van der Waals surface area contributed by atoms with Crippen LogP contribution in [0.4, 0.5) is 0 Å². The largest absolute Gasteiger partial charge is 0.314 e. The molecule has 0 aromatic heterocycles. The molecule has 2 rings (SSSR count). The lowest BCUT2D eigenvalue weighted by Crippen LogP contribution is -2.21. The third kappa shape index (κ3) is 3.55. The van der Waals surface area contributed by atoms with Gasteiger partial charge in [-0.05, 0) is 51.6 Å². The summed E-state index contributed by atoms with van der Waals surface area (Å²) >= 11 is 0. The lowest BCUT2D eigenvalue weighted by atomic mass is 10.3. The maximum absolute atomic E-state index is 3.53. The molecule has 0 radical (unpaired) electrons. The van der Waals surface area contributed by atoms with Crippen LogP contribution in [-0.4, -0.2) is 25.2 Å². The molecule has 0 amide bonds. The Morgan fingerprint density at radius 3 is 1.50 bits per heavy atom. The van der Waals surface area contributed by atoms with Crippen molar-refractivity contribution in [2.45, 2.75) is 50.6 Å². The normalized spacial score (nSPS) is 23.0. The second-order valence-electron chi connectivity index (χ2n) is 4.16. The van der Waals surface area contributed by atoms with Gasteiger partial charge in [0.15, 0.2) is 0 Å². The SMILES string of the molecule is C(CCNC1CC1)CNC1CC1. The van der Waals surface area contributed by atoms with Crippen LogP contribution in [0.25, 0.3) is 0 Å². The summed E-state index contributed by atoms with van der Waals surface area (Å²) in [5.41, 5.74) is 0. The summed E-state index contributed by atoms with van der Waals surface area (Å²) in [7, 11) is 0. The summed E-state index contributed by atoms with van der Waals surface area (Å²) in [4.78, 5) is 0. The highest BCUT2D eigenvalue weighted by Crippen LogP contribution is 2.19. The van der Waals surface area contributed by atoms with E-state index in [0.717, 1.165) is 12.1 Å². The Balaban J connectivity index is 1.31. The molecule has 0 heterocycles. The second kappa shape index (κ2) is 4.24. The van der Waals surface area contributed by atoms with Gasteiger partial charge in [-0.15, -0.1) is 0 Å². The molecule has 0 spiro atoms. The first-order chi connectivity index (χ1) is 5.95. The Morgan fingerprint density at radius 1 is 0.750 bits per heavy atom. The van der Waals surface area contributed by atoms with E-state index >= 15 is 0 Å². The van der Waals surface area contributed by atoms with E-state index < -0.39 is 0 Å². The van der Waals surface area contributed by atoms with E-state index in [9.17, 15) is 0 Å². The van der Waals surface area contributed by atoms with Crippen molar-refractivity contribution in [1.82, 2.24) is 10.6 Å². The lowest BCUT2D eigenvalue weighted by molar-refractivity contribution is 0.579.